The third kappa shape index (κ3) is 3.03. The van der Waals surface area contributed by atoms with E-state index >= 15 is 0 Å². The third-order valence-corrected chi connectivity index (χ3v) is 2.11. The summed E-state index contributed by atoms with van der Waals surface area (Å²) in [6, 6.07) is 2.00. The fraction of sp³-hybridized carbons (Fsp3) is 0.556. The molecule has 0 aliphatic carbocycles. The van der Waals surface area contributed by atoms with Crippen LogP contribution >= 0.6 is 11.6 Å². The van der Waals surface area contributed by atoms with Crippen LogP contribution in [0.2, 0.25) is 0 Å². The van der Waals surface area contributed by atoms with Gasteiger partial charge in [-0.25, -0.2) is 0 Å². The molecule has 1 aromatic heterocycles. The Bertz CT molecular complexity index is 322. The minimum Gasteiger partial charge on any atom is -0.353 e. The fourth-order valence-corrected chi connectivity index (χ4v) is 1.34. The van der Waals surface area contributed by atoms with Crippen molar-refractivity contribution in [2.45, 2.75) is 20.4 Å². The maximum atomic E-state index is 10.8. The van der Waals surface area contributed by atoms with E-state index in [1.165, 1.54) is 0 Å². The van der Waals surface area contributed by atoms with Gasteiger partial charge in [-0.05, 0) is 19.9 Å². The number of nitrogens with zero attached hydrogens (tertiary/aromatic N) is 2. The van der Waals surface area contributed by atoms with Crippen molar-refractivity contribution in [2.24, 2.45) is 0 Å². The first-order chi connectivity index (χ1) is 6.63. The Labute approximate surface area is 88.2 Å². The fourth-order valence-electron chi connectivity index (χ4n) is 1.25. The maximum Gasteiger partial charge on any atom is 0.234 e. The van der Waals surface area contributed by atoms with Gasteiger partial charge in [0, 0.05) is 12.2 Å². The Kier molecular flexibility index (Phi) is 3.95. The Hall–Kier alpha value is -1.03. The number of hydrogen-bond donors (Lipinski definition) is 1. The molecule has 78 valence electrons. The smallest absolute Gasteiger partial charge is 0.234 e. The molecule has 1 heterocycles. The molecule has 0 radical (unpaired) electrons. The Balaban J connectivity index is 2.38. The molecule has 1 aromatic rings. The Morgan fingerprint density at radius 1 is 1.64 bits per heavy atom. The zero-order valence-corrected chi connectivity index (χ0v) is 9.14. The van der Waals surface area contributed by atoms with E-state index in [1.807, 2.05) is 24.6 Å². The lowest BCUT2D eigenvalue weighted by Crippen LogP contribution is -2.28. The van der Waals surface area contributed by atoms with Crippen molar-refractivity contribution in [1.82, 2.24) is 15.1 Å². The minimum absolute atomic E-state index is 0.0110. The number of rotatable bonds is 4. The molecular formula is C9H14ClN3O. The summed E-state index contributed by atoms with van der Waals surface area (Å²) in [5.74, 6) is -0.134. The molecule has 0 aliphatic heterocycles. The molecular weight excluding hydrogens is 202 g/mol. The van der Waals surface area contributed by atoms with Crippen LogP contribution in [0.5, 0.6) is 0 Å². The number of nitrogens with one attached hydrogen (secondary N) is 1. The molecule has 0 saturated heterocycles. The molecule has 1 rings (SSSR count). The number of aryl methyl sites for hydroxylation is 2. The lowest BCUT2D eigenvalue weighted by Gasteiger charge is -2.04. The van der Waals surface area contributed by atoms with E-state index in [0.717, 1.165) is 11.4 Å². The first kappa shape index (κ1) is 11.0. The summed E-state index contributed by atoms with van der Waals surface area (Å²) in [4.78, 5) is 10.8. The predicted octanol–water partition coefficient (Wildman–Crippen LogP) is 0.855. The van der Waals surface area contributed by atoms with E-state index < -0.39 is 0 Å². The van der Waals surface area contributed by atoms with Crippen molar-refractivity contribution in [3.05, 3.63) is 17.5 Å². The molecule has 0 aliphatic rings. The number of amides is 1. The van der Waals surface area contributed by atoms with Crippen molar-refractivity contribution in [2.75, 3.05) is 12.4 Å². The van der Waals surface area contributed by atoms with Gasteiger partial charge < -0.3 is 5.32 Å². The zero-order valence-electron chi connectivity index (χ0n) is 8.38. The summed E-state index contributed by atoms with van der Waals surface area (Å²) >= 11 is 5.33. The minimum atomic E-state index is -0.145. The van der Waals surface area contributed by atoms with Crippen molar-refractivity contribution >= 4 is 17.5 Å². The van der Waals surface area contributed by atoms with Crippen LogP contribution in [0.3, 0.4) is 0 Å². The highest BCUT2D eigenvalue weighted by atomic mass is 35.5. The van der Waals surface area contributed by atoms with Gasteiger partial charge in [0.15, 0.2) is 0 Å². The topological polar surface area (TPSA) is 46.9 Å². The Morgan fingerprint density at radius 2 is 2.36 bits per heavy atom. The third-order valence-electron chi connectivity index (χ3n) is 1.87. The lowest BCUT2D eigenvalue weighted by molar-refractivity contribution is -0.118. The van der Waals surface area contributed by atoms with Crippen molar-refractivity contribution in [1.29, 1.82) is 0 Å². The van der Waals surface area contributed by atoms with Gasteiger partial charge in [0.1, 0.15) is 5.88 Å². The molecule has 0 aromatic carbocycles. The second-order valence-electron chi connectivity index (χ2n) is 3.13. The van der Waals surface area contributed by atoms with Gasteiger partial charge >= 0.3 is 0 Å². The first-order valence-corrected chi connectivity index (χ1v) is 5.00. The van der Waals surface area contributed by atoms with Crippen LogP contribution in [0.15, 0.2) is 6.07 Å². The zero-order chi connectivity index (χ0) is 10.6. The van der Waals surface area contributed by atoms with Crippen LogP contribution in [0, 0.1) is 13.8 Å². The summed E-state index contributed by atoms with van der Waals surface area (Å²) in [5, 5.41) is 6.95. The van der Waals surface area contributed by atoms with Gasteiger partial charge in [0.2, 0.25) is 5.91 Å². The van der Waals surface area contributed by atoms with Gasteiger partial charge in [-0.15, -0.1) is 11.6 Å². The second-order valence-corrected chi connectivity index (χ2v) is 3.40. The van der Waals surface area contributed by atoms with E-state index in [0.29, 0.717) is 13.1 Å². The molecule has 0 spiro atoms. The number of carbonyl (C=O) groups is 1. The van der Waals surface area contributed by atoms with Gasteiger partial charge in [-0.3, -0.25) is 9.48 Å². The monoisotopic (exact) mass is 215 g/mol. The largest absolute Gasteiger partial charge is 0.353 e. The average Bonchev–Trinajstić information content (AvgIpc) is 2.45. The first-order valence-electron chi connectivity index (χ1n) is 4.47. The van der Waals surface area contributed by atoms with E-state index in [4.69, 9.17) is 11.6 Å². The lowest BCUT2D eigenvalue weighted by atomic mass is 10.4. The molecule has 1 amide bonds. The molecule has 14 heavy (non-hydrogen) atoms. The summed E-state index contributed by atoms with van der Waals surface area (Å²) in [5.41, 5.74) is 2.09. The molecule has 0 atom stereocenters. The van der Waals surface area contributed by atoms with Gasteiger partial charge in [0.25, 0.3) is 0 Å². The van der Waals surface area contributed by atoms with E-state index in [9.17, 15) is 4.79 Å². The van der Waals surface area contributed by atoms with E-state index in [1.54, 1.807) is 0 Å². The van der Waals surface area contributed by atoms with Crippen molar-refractivity contribution < 1.29 is 4.79 Å². The molecule has 1 N–H and O–H groups in total. The number of carbonyl (C=O) groups excluding carboxylic acids is 1. The quantitative estimate of drug-likeness (QED) is 0.758. The van der Waals surface area contributed by atoms with Crippen LogP contribution in [0.1, 0.15) is 11.4 Å². The highest BCUT2D eigenvalue weighted by Gasteiger charge is 2.01. The number of alkyl halides is 1. The van der Waals surface area contributed by atoms with Crippen LogP contribution in [0.4, 0.5) is 0 Å². The molecule has 0 bridgehead atoms. The highest BCUT2D eigenvalue weighted by Crippen LogP contribution is 2.00. The van der Waals surface area contributed by atoms with Gasteiger partial charge in [0.05, 0.1) is 12.2 Å². The van der Waals surface area contributed by atoms with Crippen LogP contribution in [0.25, 0.3) is 0 Å². The summed E-state index contributed by atoms with van der Waals surface area (Å²) in [7, 11) is 0. The Morgan fingerprint density at radius 3 is 2.86 bits per heavy atom. The van der Waals surface area contributed by atoms with Crippen molar-refractivity contribution in [3.63, 3.8) is 0 Å². The maximum absolute atomic E-state index is 10.8. The summed E-state index contributed by atoms with van der Waals surface area (Å²) in [6.07, 6.45) is 0. The summed E-state index contributed by atoms with van der Waals surface area (Å²) < 4.78 is 1.86. The SMILES string of the molecule is Cc1cc(C)n(CCNC(=O)CCl)n1. The van der Waals surface area contributed by atoms with Crippen LogP contribution < -0.4 is 5.32 Å². The molecule has 5 heteroatoms. The molecule has 0 unspecified atom stereocenters. The molecule has 0 saturated carbocycles. The second kappa shape index (κ2) is 5.00. The number of halogens is 1. The molecule has 4 nitrogen and oxygen atoms in total. The predicted molar refractivity (Wildman–Crippen MR) is 55.4 cm³/mol. The van der Waals surface area contributed by atoms with E-state index in [2.05, 4.69) is 10.4 Å². The van der Waals surface area contributed by atoms with Crippen molar-refractivity contribution in [3.8, 4) is 0 Å². The number of aromatic nitrogens is 2. The van der Waals surface area contributed by atoms with Crippen LogP contribution in [-0.2, 0) is 11.3 Å². The van der Waals surface area contributed by atoms with E-state index in [-0.39, 0.29) is 11.8 Å². The van der Waals surface area contributed by atoms with Crippen LogP contribution in [-0.4, -0.2) is 28.1 Å². The van der Waals surface area contributed by atoms with Gasteiger partial charge in [-0.1, -0.05) is 0 Å². The van der Waals surface area contributed by atoms with Gasteiger partial charge in [-0.2, -0.15) is 5.10 Å². The highest BCUT2D eigenvalue weighted by molar-refractivity contribution is 6.27. The summed E-state index contributed by atoms with van der Waals surface area (Å²) in [6.45, 7) is 5.18. The standard InChI is InChI=1S/C9H14ClN3O/c1-7-5-8(2)13(12-7)4-3-11-9(14)6-10/h5H,3-4,6H2,1-2H3,(H,11,14). The average molecular weight is 216 g/mol. The number of hydrogen-bond acceptors (Lipinski definition) is 2. The normalized spacial score (nSPS) is 10.2. The molecule has 0 fully saturated rings.